The van der Waals surface area contributed by atoms with Crippen molar-refractivity contribution < 1.29 is 27.8 Å². The van der Waals surface area contributed by atoms with E-state index in [0.29, 0.717) is 11.4 Å². The molecule has 2 aromatic rings. The molecule has 2 aromatic carbocycles. The van der Waals surface area contributed by atoms with Crippen molar-refractivity contribution in [2.75, 3.05) is 31.6 Å². The number of methoxy groups -OCH3 is 1. The molecule has 1 heterocycles. The van der Waals surface area contributed by atoms with Crippen molar-refractivity contribution in [3.05, 3.63) is 59.7 Å². The highest BCUT2D eigenvalue weighted by atomic mass is 19.4. The fourth-order valence-corrected chi connectivity index (χ4v) is 4.30. The molecule has 37 heavy (non-hydrogen) atoms. The monoisotopic (exact) mass is 518 g/mol. The average Bonchev–Trinajstić information content (AvgIpc) is 3.35. The van der Waals surface area contributed by atoms with Gasteiger partial charge in [0.15, 0.2) is 5.84 Å². The molecule has 1 amide bonds. The van der Waals surface area contributed by atoms with E-state index < -0.39 is 24.5 Å². The van der Waals surface area contributed by atoms with Crippen LogP contribution in [0.5, 0.6) is 11.5 Å². The number of carbonyl (C=O) groups excluding carboxylic acids is 1. The molecule has 0 aromatic heterocycles. The number of hydrogen-bond donors (Lipinski definition) is 3. The molecule has 0 atom stereocenters. The Kier molecular flexibility index (Phi) is 8.85. The van der Waals surface area contributed by atoms with Gasteiger partial charge in [-0.3, -0.25) is 20.0 Å². The topological polar surface area (TPSA) is 88.9 Å². The van der Waals surface area contributed by atoms with Crippen molar-refractivity contribution in [3.8, 4) is 11.5 Å². The number of ether oxygens (including phenoxy) is 1. The van der Waals surface area contributed by atoms with E-state index in [1.165, 1.54) is 13.2 Å². The van der Waals surface area contributed by atoms with Crippen LogP contribution in [-0.2, 0) is 11.3 Å². The number of nitrogens with zero attached hydrogens (tertiary/aromatic N) is 2. The minimum Gasteiger partial charge on any atom is -0.507 e. The largest absolute Gasteiger partial charge is 0.507 e. The van der Waals surface area contributed by atoms with Crippen LogP contribution in [0, 0.1) is 5.41 Å². The molecule has 1 fully saturated rings. The molecule has 3 rings (SSSR count). The zero-order valence-electron chi connectivity index (χ0n) is 21.3. The third-order valence-electron chi connectivity index (χ3n) is 6.24. The number of carbonyl (C=O) groups is 1. The summed E-state index contributed by atoms with van der Waals surface area (Å²) in [5.74, 6) is -1.72. The normalized spacial score (nSPS) is 14.0. The number of amides is 1. The van der Waals surface area contributed by atoms with Crippen molar-refractivity contribution in [2.45, 2.75) is 45.3 Å². The molecular formula is C27H33F3N4O3. The molecule has 0 aliphatic carbocycles. The van der Waals surface area contributed by atoms with E-state index in [-0.39, 0.29) is 22.9 Å². The fourth-order valence-electron chi connectivity index (χ4n) is 4.30. The lowest BCUT2D eigenvalue weighted by Crippen LogP contribution is -2.44. The molecule has 0 saturated carbocycles. The third-order valence-corrected chi connectivity index (χ3v) is 6.24. The van der Waals surface area contributed by atoms with Crippen LogP contribution in [-0.4, -0.2) is 54.7 Å². The second-order valence-corrected chi connectivity index (χ2v) is 9.34. The number of alkyl halides is 3. The van der Waals surface area contributed by atoms with Gasteiger partial charge in [-0.15, -0.1) is 0 Å². The highest BCUT2D eigenvalue weighted by Crippen LogP contribution is 2.38. The van der Waals surface area contributed by atoms with Crippen LogP contribution in [0.2, 0.25) is 0 Å². The Bertz CT molecular complexity index is 1140. The van der Waals surface area contributed by atoms with Crippen molar-refractivity contribution in [1.82, 2.24) is 10.2 Å². The maximum atomic E-state index is 12.7. The van der Waals surface area contributed by atoms with Gasteiger partial charge in [-0.2, -0.15) is 13.2 Å². The number of halogens is 3. The van der Waals surface area contributed by atoms with Crippen LogP contribution in [0.15, 0.2) is 43.0 Å². The van der Waals surface area contributed by atoms with E-state index in [1.54, 1.807) is 23.5 Å². The molecule has 1 aliphatic rings. The zero-order chi connectivity index (χ0) is 27.3. The number of hydrogen-bond acceptors (Lipinski definition) is 5. The van der Waals surface area contributed by atoms with Gasteiger partial charge in [-0.05, 0) is 61.2 Å². The second-order valence-electron chi connectivity index (χ2n) is 9.34. The number of amidine groups is 1. The highest BCUT2D eigenvalue weighted by molar-refractivity contribution is 6.44. The van der Waals surface area contributed by atoms with E-state index in [2.05, 4.69) is 11.5 Å². The van der Waals surface area contributed by atoms with E-state index in [0.717, 1.165) is 48.5 Å². The molecule has 0 spiro atoms. The summed E-state index contributed by atoms with van der Waals surface area (Å²) < 4.78 is 43.5. The minimum absolute atomic E-state index is 0.00922. The summed E-state index contributed by atoms with van der Waals surface area (Å²) in [6.07, 6.45) is -2.32. The van der Waals surface area contributed by atoms with Crippen LogP contribution in [0.4, 0.5) is 18.9 Å². The smallest absolute Gasteiger partial charge is 0.405 e. The maximum Gasteiger partial charge on any atom is 0.405 e. The lowest BCUT2D eigenvalue weighted by Gasteiger charge is -2.28. The van der Waals surface area contributed by atoms with Gasteiger partial charge in [0.05, 0.1) is 12.8 Å². The number of phenols is 1. The minimum atomic E-state index is -4.63. The average molecular weight is 519 g/mol. The molecule has 0 unspecified atom stereocenters. The van der Waals surface area contributed by atoms with Crippen LogP contribution < -0.4 is 15.0 Å². The first-order chi connectivity index (χ1) is 17.4. The van der Waals surface area contributed by atoms with E-state index in [1.807, 2.05) is 26.0 Å². The lowest BCUT2D eigenvalue weighted by molar-refractivity contribution is -0.134. The summed E-state index contributed by atoms with van der Waals surface area (Å²) in [5, 5.41) is 20.9. The summed E-state index contributed by atoms with van der Waals surface area (Å²) in [5.41, 5.74) is 2.41. The Morgan fingerprint density at radius 3 is 2.38 bits per heavy atom. The van der Waals surface area contributed by atoms with Gasteiger partial charge in [0.2, 0.25) is 0 Å². The SMILES string of the molecule is C=C(c1cc(C(C)C)c(OC)cc1O)N(C(=N)C(=O)NCC(F)(F)F)c1ccc(CN2CCCC2)cc1. The lowest BCUT2D eigenvalue weighted by atomic mass is 9.97. The molecule has 7 nitrogen and oxygen atoms in total. The summed E-state index contributed by atoms with van der Waals surface area (Å²) in [6, 6.07) is 10.1. The number of anilines is 1. The fraction of sp³-hybridized carbons (Fsp3) is 0.407. The Morgan fingerprint density at radius 1 is 1.22 bits per heavy atom. The first-order valence-corrected chi connectivity index (χ1v) is 12.1. The number of benzene rings is 2. The van der Waals surface area contributed by atoms with Crippen molar-refractivity contribution in [2.24, 2.45) is 0 Å². The molecular weight excluding hydrogens is 485 g/mol. The number of phenolic OH excluding ortho intramolecular Hbond substituents is 1. The van der Waals surface area contributed by atoms with Crippen LogP contribution >= 0.6 is 0 Å². The predicted molar refractivity (Wildman–Crippen MR) is 138 cm³/mol. The number of likely N-dealkylation sites (tertiary alicyclic amines) is 1. The van der Waals surface area contributed by atoms with Gasteiger partial charge in [0, 0.05) is 23.9 Å². The first kappa shape index (κ1) is 28.0. The maximum absolute atomic E-state index is 12.7. The van der Waals surface area contributed by atoms with Crippen molar-refractivity contribution in [3.63, 3.8) is 0 Å². The van der Waals surface area contributed by atoms with Crippen LogP contribution in [0.25, 0.3) is 5.70 Å². The van der Waals surface area contributed by atoms with Gasteiger partial charge in [0.1, 0.15) is 18.0 Å². The predicted octanol–water partition coefficient (Wildman–Crippen LogP) is 5.25. The van der Waals surface area contributed by atoms with Gasteiger partial charge < -0.3 is 15.2 Å². The number of rotatable bonds is 8. The zero-order valence-corrected chi connectivity index (χ0v) is 21.3. The molecule has 0 radical (unpaired) electrons. The highest BCUT2D eigenvalue weighted by Gasteiger charge is 2.31. The molecule has 0 bridgehead atoms. The summed E-state index contributed by atoms with van der Waals surface area (Å²) in [4.78, 5) is 16.0. The van der Waals surface area contributed by atoms with Crippen molar-refractivity contribution in [1.29, 1.82) is 5.41 Å². The molecule has 1 saturated heterocycles. The van der Waals surface area contributed by atoms with Crippen molar-refractivity contribution >= 4 is 23.1 Å². The molecule has 1 aliphatic heterocycles. The van der Waals surface area contributed by atoms with Crippen LogP contribution in [0.3, 0.4) is 0 Å². The van der Waals surface area contributed by atoms with E-state index in [9.17, 15) is 23.1 Å². The third kappa shape index (κ3) is 7.03. The van der Waals surface area contributed by atoms with E-state index >= 15 is 0 Å². The van der Waals surface area contributed by atoms with Gasteiger partial charge in [-0.1, -0.05) is 32.6 Å². The molecule has 200 valence electrons. The summed E-state index contributed by atoms with van der Waals surface area (Å²) >= 11 is 0. The summed E-state index contributed by atoms with van der Waals surface area (Å²) in [6.45, 7) is 9.09. The Balaban J connectivity index is 1.98. The molecule has 10 heteroatoms. The first-order valence-electron chi connectivity index (χ1n) is 12.1. The quantitative estimate of drug-likeness (QED) is 0.328. The standard InChI is InChI=1S/C27H33F3N4O3/c1-17(2)21-13-22(23(35)14-24(21)37-4)18(3)34(25(31)26(36)32-16-27(28,29)30)20-9-7-19(8-10-20)15-33-11-5-6-12-33/h7-10,13-14,17,31,35H,3,5-6,11-12,15-16H2,1-2,4H3,(H,32,36). The Morgan fingerprint density at radius 2 is 1.84 bits per heavy atom. The Hall–Kier alpha value is -3.53. The van der Waals surface area contributed by atoms with Gasteiger partial charge in [-0.25, -0.2) is 0 Å². The van der Waals surface area contributed by atoms with E-state index in [4.69, 9.17) is 10.1 Å². The number of aromatic hydroxyl groups is 1. The summed E-state index contributed by atoms with van der Waals surface area (Å²) in [7, 11) is 1.48. The molecule has 3 N–H and O–H groups in total. The van der Waals surface area contributed by atoms with Gasteiger partial charge in [0.25, 0.3) is 5.91 Å². The van der Waals surface area contributed by atoms with Gasteiger partial charge >= 0.3 is 6.18 Å². The van der Waals surface area contributed by atoms with Crippen LogP contribution in [0.1, 0.15) is 49.3 Å². The Labute approximate surface area is 215 Å². The second kappa shape index (κ2) is 11.7. The number of nitrogens with one attached hydrogen (secondary N) is 2.